The summed E-state index contributed by atoms with van der Waals surface area (Å²) in [7, 11) is 0. The fraction of sp³-hybridized carbons (Fsp3) is 0.0455. The molecule has 0 bridgehead atoms. The van der Waals surface area contributed by atoms with Crippen LogP contribution in [-0.2, 0) is 6.18 Å². The van der Waals surface area contributed by atoms with Crippen LogP contribution in [0.3, 0.4) is 0 Å². The molecule has 0 amide bonds. The van der Waals surface area contributed by atoms with Crippen molar-refractivity contribution in [3.8, 4) is 33.7 Å². The predicted octanol–water partition coefficient (Wildman–Crippen LogP) is 6.28. The number of hydrogen-bond donors (Lipinski definition) is 1. The van der Waals surface area contributed by atoms with E-state index in [1.54, 1.807) is 66.7 Å². The third-order valence-corrected chi connectivity index (χ3v) is 4.41. The Morgan fingerprint density at radius 3 is 2.11 bits per heavy atom. The minimum atomic E-state index is -4.50. The van der Waals surface area contributed by atoms with Gasteiger partial charge in [-0.2, -0.15) is 13.2 Å². The Kier molecular flexibility index (Phi) is 4.39. The molecule has 3 aromatic carbocycles. The molecule has 4 aromatic rings. The molecule has 0 fully saturated rings. The van der Waals surface area contributed by atoms with E-state index >= 15 is 0 Å². The third-order valence-electron chi connectivity index (χ3n) is 4.41. The Morgan fingerprint density at radius 1 is 0.750 bits per heavy atom. The second-order valence-electron chi connectivity index (χ2n) is 6.32. The molecule has 2 N–H and O–H groups in total. The maximum absolute atomic E-state index is 13.7. The number of benzene rings is 3. The van der Waals surface area contributed by atoms with Crippen molar-refractivity contribution in [2.75, 3.05) is 5.73 Å². The lowest BCUT2D eigenvalue weighted by Crippen LogP contribution is -2.07. The van der Waals surface area contributed by atoms with Crippen molar-refractivity contribution in [2.45, 2.75) is 6.18 Å². The van der Waals surface area contributed by atoms with E-state index in [9.17, 15) is 13.2 Å². The highest BCUT2D eigenvalue weighted by molar-refractivity contribution is 5.74. The van der Waals surface area contributed by atoms with E-state index in [1.165, 1.54) is 6.07 Å². The number of anilines is 1. The molecule has 0 saturated heterocycles. The third kappa shape index (κ3) is 3.49. The van der Waals surface area contributed by atoms with Crippen molar-refractivity contribution in [1.29, 1.82) is 0 Å². The molecule has 0 atom stereocenters. The molecule has 0 spiro atoms. The van der Waals surface area contributed by atoms with Gasteiger partial charge in [0.15, 0.2) is 5.76 Å². The molecular weight excluding hydrogens is 365 g/mol. The first kappa shape index (κ1) is 17.9. The number of nitrogens with zero attached hydrogens (tertiary/aromatic N) is 1. The first-order valence-corrected chi connectivity index (χ1v) is 8.51. The molecule has 0 aliphatic heterocycles. The van der Waals surface area contributed by atoms with Crippen LogP contribution in [0.1, 0.15) is 5.56 Å². The number of aromatic nitrogens is 1. The van der Waals surface area contributed by atoms with Crippen molar-refractivity contribution in [3.05, 3.63) is 84.4 Å². The van der Waals surface area contributed by atoms with E-state index in [4.69, 9.17) is 10.3 Å². The van der Waals surface area contributed by atoms with Crippen molar-refractivity contribution in [1.82, 2.24) is 5.16 Å². The van der Waals surface area contributed by atoms with Crippen LogP contribution in [0.2, 0.25) is 0 Å². The van der Waals surface area contributed by atoms with E-state index in [0.29, 0.717) is 28.3 Å². The van der Waals surface area contributed by atoms with Gasteiger partial charge in [-0.3, -0.25) is 0 Å². The van der Waals surface area contributed by atoms with Crippen LogP contribution in [0, 0.1) is 0 Å². The molecule has 6 heteroatoms. The summed E-state index contributed by atoms with van der Waals surface area (Å²) in [6.07, 6.45) is -4.50. The Balaban J connectivity index is 1.76. The van der Waals surface area contributed by atoms with Crippen LogP contribution in [0.5, 0.6) is 0 Å². The fourth-order valence-electron chi connectivity index (χ4n) is 3.00. The van der Waals surface area contributed by atoms with Crippen molar-refractivity contribution < 1.29 is 17.7 Å². The van der Waals surface area contributed by atoms with Gasteiger partial charge in [-0.25, -0.2) is 0 Å². The normalized spacial score (nSPS) is 11.5. The highest BCUT2D eigenvalue weighted by Crippen LogP contribution is 2.39. The summed E-state index contributed by atoms with van der Waals surface area (Å²) in [6, 6.07) is 21.2. The zero-order chi connectivity index (χ0) is 19.7. The molecule has 0 radical (unpaired) electrons. The lowest BCUT2D eigenvalue weighted by atomic mass is 9.96. The number of rotatable bonds is 3. The summed E-state index contributed by atoms with van der Waals surface area (Å²) in [6.45, 7) is 0. The number of nitrogens with two attached hydrogens (primary N) is 1. The summed E-state index contributed by atoms with van der Waals surface area (Å²) in [5.41, 5.74) is 7.59. The van der Waals surface area contributed by atoms with Crippen LogP contribution in [0.25, 0.3) is 33.7 Å². The van der Waals surface area contributed by atoms with E-state index in [-0.39, 0.29) is 5.56 Å². The van der Waals surface area contributed by atoms with Gasteiger partial charge >= 0.3 is 6.18 Å². The largest absolute Gasteiger partial charge is 0.417 e. The quantitative estimate of drug-likeness (QED) is 0.426. The zero-order valence-electron chi connectivity index (χ0n) is 14.6. The molecule has 4 rings (SSSR count). The molecule has 28 heavy (non-hydrogen) atoms. The number of halogens is 3. The van der Waals surface area contributed by atoms with Gasteiger partial charge in [-0.1, -0.05) is 47.6 Å². The van der Waals surface area contributed by atoms with E-state index in [1.807, 2.05) is 0 Å². The van der Waals surface area contributed by atoms with Crippen LogP contribution >= 0.6 is 0 Å². The van der Waals surface area contributed by atoms with Crippen molar-refractivity contribution in [2.24, 2.45) is 0 Å². The Bertz CT molecular complexity index is 1100. The van der Waals surface area contributed by atoms with E-state index < -0.39 is 11.7 Å². The molecule has 0 saturated carbocycles. The molecule has 3 nitrogen and oxygen atoms in total. The van der Waals surface area contributed by atoms with Gasteiger partial charge < -0.3 is 10.3 Å². The summed E-state index contributed by atoms with van der Waals surface area (Å²) in [5, 5.41) is 3.94. The van der Waals surface area contributed by atoms with Gasteiger partial charge in [0.05, 0.1) is 5.56 Å². The Labute approximate surface area is 159 Å². The minimum absolute atomic E-state index is 0.124. The molecule has 0 aliphatic carbocycles. The topological polar surface area (TPSA) is 52.0 Å². The van der Waals surface area contributed by atoms with E-state index in [2.05, 4.69) is 5.16 Å². The maximum atomic E-state index is 13.7. The van der Waals surface area contributed by atoms with Crippen LogP contribution < -0.4 is 5.73 Å². The molecule has 1 heterocycles. The van der Waals surface area contributed by atoms with E-state index in [0.717, 1.165) is 11.6 Å². The number of nitrogen functional groups attached to an aromatic ring is 1. The molecule has 1 aromatic heterocycles. The SMILES string of the molecule is Nc1ccc(-c2cc(-c3ccc(-c4ccccc4)c(C(F)(F)F)c3)no2)cc1. The lowest BCUT2D eigenvalue weighted by molar-refractivity contribution is -0.137. The van der Waals surface area contributed by atoms with Crippen LogP contribution in [0.4, 0.5) is 18.9 Å². The first-order chi connectivity index (χ1) is 13.4. The second-order valence-corrected chi connectivity index (χ2v) is 6.32. The van der Waals surface area contributed by atoms with Gasteiger partial charge in [-0.15, -0.1) is 0 Å². The first-order valence-electron chi connectivity index (χ1n) is 8.51. The Hall–Kier alpha value is -3.54. The van der Waals surface area contributed by atoms with Crippen molar-refractivity contribution >= 4 is 5.69 Å². The summed E-state index contributed by atoms with van der Waals surface area (Å²) >= 11 is 0. The predicted molar refractivity (Wildman–Crippen MR) is 102 cm³/mol. The van der Waals surface area contributed by atoms with Gasteiger partial charge in [-0.05, 0) is 41.5 Å². The standard InChI is InChI=1S/C22H15F3N2O/c23-22(24,25)19-12-16(8-11-18(19)14-4-2-1-3-5-14)20-13-21(28-27-20)15-6-9-17(26)10-7-15/h1-13H,26H2. The van der Waals surface area contributed by atoms with Crippen molar-refractivity contribution in [3.63, 3.8) is 0 Å². The number of hydrogen-bond acceptors (Lipinski definition) is 3. The average Bonchev–Trinajstić information content (AvgIpc) is 3.18. The fourth-order valence-corrected chi connectivity index (χ4v) is 3.00. The Morgan fingerprint density at radius 2 is 1.43 bits per heavy atom. The molecule has 0 unspecified atom stereocenters. The summed E-state index contributed by atoms with van der Waals surface area (Å²) in [5.74, 6) is 0.454. The minimum Gasteiger partial charge on any atom is -0.399 e. The molecule has 140 valence electrons. The van der Waals surface area contributed by atoms with Gasteiger partial charge in [0.1, 0.15) is 5.69 Å². The lowest BCUT2D eigenvalue weighted by Gasteiger charge is -2.14. The van der Waals surface area contributed by atoms with Gasteiger partial charge in [0.25, 0.3) is 0 Å². The van der Waals surface area contributed by atoms with Crippen LogP contribution in [0.15, 0.2) is 83.4 Å². The zero-order valence-corrected chi connectivity index (χ0v) is 14.6. The average molecular weight is 380 g/mol. The maximum Gasteiger partial charge on any atom is 0.417 e. The highest BCUT2D eigenvalue weighted by Gasteiger charge is 2.34. The van der Waals surface area contributed by atoms with Gasteiger partial charge in [0.2, 0.25) is 0 Å². The molecule has 0 aliphatic rings. The highest BCUT2D eigenvalue weighted by atomic mass is 19.4. The summed E-state index contributed by atoms with van der Waals surface area (Å²) in [4.78, 5) is 0. The smallest absolute Gasteiger partial charge is 0.399 e. The van der Waals surface area contributed by atoms with Crippen LogP contribution in [-0.4, -0.2) is 5.16 Å². The number of alkyl halides is 3. The summed E-state index contributed by atoms with van der Waals surface area (Å²) < 4.78 is 46.4. The van der Waals surface area contributed by atoms with Gasteiger partial charge in [0, 0.05) is 22.9 Å². The molecular formula is C22H15F3N2O. The second kappa shape index (κ2) is 6.88. The monoisotopic (exact) mass is 380 g/mol.